The van der Waals surface area contributed by atoms with Crippen molar-refractivity contribution in [2.45, 2.75) is 19.7 Å². The van der Waals surface area contributed by atoms with Crippen molar-refractivity contribution >= 4 is 24.1 Å². The van der Waals surface area contributed by atoms with Crippen molar-refractivity contribution in [3.05, 3.63) is 33.2 Å². The highest BCUT2D eigenvalue weighted by Gasteiger charge is 2.07. The second kappa shape index (κ2) is 3.24. The van der Waals surface area contributed by atoms with Gasteiger partial charge in [-0.3, -0.25) is 9.20 Å². The molecule has 2 heterocycles. The van der Waals surface area contributed by atoms with E-state index >= 15 is 0 Å². The molecule has 70 valence electrons. The molecule has 0 aliphatic heterocycles. The van der Waals surface area contributed by atoms with Crippen molar-refractivity contribution in [2.24, 2.45) is 0 Å². The molecule has 0 aliphatic rings. The molecule has 0 spiro atoms. The van der Waals surface area contributed by atoms with E-state index in [0.29, 0.717) is 10.7 Å². The Labute approximate surface area is 86.8 Å². The van der Waals surface area contributed by atoms with E-state index in [2.05, 4.69) is 4.98 Å². The van der Waals surface area contributed by atoms with Crippen molar-refractivity contribution < 1.29 is 0 Å². The molecule has 2 aromatic heterocycles. The Balaban J connectivity index is 2.81. The summed E-state index contributed by atoms with van der Waals surface area (Å²) in [4.78, 5) is 16.7. The zero-order valence-corrected chi connectivity index (χ0v) is 8.84. The number of hydrogen-bond acceptors (Lipinski definition) is 3. The predicted octanol–water partition coefficient (Wildman–Crippen LogP) is 1.29. The number of hydrogen-bond donors (Lipinski definition) is 0. The fourth-order valence-electron chi connectivity index (χ4n) is 1.31. The van der Waals surface area contributed by atoms with E-state index in [1.807, 2.05) is 19.2 Å². The van der Waals surface area contributed by atoms with Gasteiger partial charge in [-0.05, 0) is 12.7 Å². The quantitative estimate of drug-likeness (QED) is 0.656. The third-order valence-corrected chi connectivity index (χ3v) is 3.01. The highest BCUT2D eigenvalue weighted by molar-refractivity contribution is 7.15. The molecule has 0 N–H and O–H groups in total. The third kappa shape index (κ3) is 1.37. The van der Waals surface area contributed by atoms with Crippen molar-refractivity contribution in [3.8, 4) is 0 Å². The number of rotatable bonds is 1. The lowest BCUT2D eigenvalue weighted by Gasteiger charge is -2.03. The maximum atomic E-state index is 11.7. The molecule has 2 aromatic rings. The predicted molar refractivity (Wildman–Crippen MR) is 58.2 cm³/mol. The summed E-state index contributed by atoms with van der Waals surface area (Å²) in [5.74, 6) is -0.199. The number of thiazole rings is 1. The molecule has 0 amide bonds. The van der Waals surface area contributed by atoms with Gasteiger partial charge in [-0.15, -0.1) is 11.3 Å². The summed E-state index contributed by atoms with van der Waals surface area (Å²) in [6, 6.07) is 1.50. The summed E-state index contributed by atoms with van der Waals surface area (Å²) in [7, 11) is 5.67. The number of fused-ring (bicyclic) bond motifs is 1. The minimum atomic E-state index is -0.199. The van der Waals surface area contributed by atoms with Gasteiger partial charge in [0.1, 0.15) is 0 Å². The summed E-state index contributed by atoms with van der Waals surface area (Å²) in [5, 5.41) is 1.91. The summed E-state index contributed by atoms with van der Waals surface area (Å²) < 4.78 is 1.59. The van der Waals surface area contributed by atoms with Crippen LogP contribution >= 0.6 is 11.3 Å². The van der Waals surface area contributed by atoms with Crippen LogP contribution in [0.25, 0.3) is 4.96 Å². The third-order valence-electron chi connectivity index (χ3n) is 2.06. The van der Waals surface area contributed by atoms with Crippen LogP contribution in [0.5, 0.6) is 0 Å². The van der Waals surface area contributed by atoms with Crippen LogP contribution in [0.3, 0.4) is 0 Å². The Morgan fingerprint density at radius 3 is 3.00 bits per heavy atom. The average Bonchev–Trinajstić information content (AvgIpc) is 2.48. The highest BCUT2D eigenvalue weighted by Crippen LogP contribution is 2.14. The molecule has 14 heavy (non-hydrogen) atoms. The SMILES string of the molecule is [B]C(C)c1cc(=O)n2c(C)csc2n1. The van der Waals surface area contributed by atoms with E-state index in [1.165, 1.54) is 17.4 Å². The van der Waals surface area contributed by atoms with Gasteiger partial charge in [0.25, 0.3) is 5.56 Å². The Hall–Kier alpha value is -1.10. The van der Waals surface area contributed by atoms with E-state index in [1.54, 1.807) is 4.40 Å². The topological polar surface area (TPSA) is 34.4 Å². The fourth-order valence-corrected chi connectivity index (χ4v) is 2.18. The van der Waals surface area contributed by atoms with E-state index < -0.39 is 0 Å². The lowest BCUT2D eigenvalue weighted by atomic mass is 9.86. The highest BCUT2D eigenvalue weighted by atomic mass is 32.1. The minimum Gasteiger partial charge on any atom is -0.269 e. The largest absolute Gasteiger partial charge is 0.269 e. The molecule has 2 radical (unpaired) electrons. The van der Waals surface area contributed by atoms with Crippen LogP contribution in [-0.4, -0.2) is 17.2 Å². The van der Waals surface area contributed by atoms with E-state index in [9.17, 15) is 4.79 Å². The lowest BCUT2D eigenvalue weighted by Crippen LogP contribution is -2.16. The Morgan fingerprint density at radius 1 is 1.64 bits per heavy atom. The number of aromatic nitrogens is 2. The molecule has 0 saturated heterocycles. The summed E-state index contributed by atoms with van der Waals surface area (Å²) in [6.45, 7) is 3.71. The monoisotopic (exact) mass is 204 g/mol. The first-order valence-corrected chi connectivity index (χ1v) is 5.21. The van der Waals surface area contributed by atoms with Crippen LogP contribution < -0.4 is 5.56 Å². The van der Waals surface area contributed by atoms with Crippen molar-refractivity contribution in [1.29, 1.82) is 0 Å². The van der Waals surface area contributed by atoms with Crippen LogP contribution in [0.15, 0.2) is 16.2 Å². The summed E-state index contributed by atoms with van der Waals surface area (Å²) >= 11 is 1.46. The maximum absolute atomic E-state index is 11.7. The minimum absolute atomic E-state index is 0.0546. The first-order valence-electron chi connectivity index (χ1n) is 4.33. The normalized spacial score (nSPS) is 13.3. The molecule has 5 heteroatoms. The Morgan fingerprint density at radius 2 is 2.36 bits per heavy atom. The van der Waals surface area contributed by atoms with Crippen LogP contribution in [0.1, 0.15) is 24.1 Å². The van der Waals surface area contributed by atoms with E-state index in [0.717, 1.165) is 5.69 Å². The number of aryl methyl sites for hydroxylation is 1. The molecule has 0 saturated carbocycles. The molecule has 0 bridgehead atoms. The fraction of sp³-hybridized carbons (Fsp3) is 0.333. The Bertz CT molecular complexity index is 529. The molecular formula is C9H9BN2OS. The van der Waals surface area contributed by atoms with Gasteiger partial charge in [-0.2, -0.15) is 0 Å². The lowest BCUT2D eigenvalue weighted by molar-refractivity contribution is 0.941. The first kappa shape index (κ1) is 9.46. The zero-order chi connectivity index (χ0) is 10.3. The molecule has 3 nitrogen and oxygen atoms in total. The van der Waals surface area contributed by atoms with E-state index in [-0.39, 0.29) is 11.4 Å². The molecular weight excluding hydrogens is 195 g/mol. The molecule has 0 fully saturated rings. The first-order chi connectivity index (χ1) is 6.59. The van der Waals surface area contributed by atoms with Gasteiger partial charge in [0, 0.05) is 22.8 Å². The van der Waals surface area contributed by atoms with Gasteiger partial charge in [0.2, 0.25) is 0 Å². The van der Waals surface area contributed by atoms with Crippen LogP contribution in [-0.2, 0) is 0 Å². The average molecular weight is 204 g/mol. The maximum Gasteiger partial charge on any atom is 0.258 e. The van der Waals surface area contributed by atoms with Gasteiger partial charge in [0.15, 0.2) is 4.96 Å². The van der Waals surface area contributed by atoms with Crippen molar-refractivity contribution in [2.75, 3.05) is 0 Å². The Kier molecular flexibility index (Phi) is 2.19. The molecule has 2 rings (SSSR count). The van der Waals surface area contributed by atoms with Gasteiger partial charge >= 0.3 is 0 Å². The molecule has 1 atom stereocenters. The van der Waals surface area contributed by atoms with Gasteiger partial charge < -0.3 is 0 Å². The van der Waals surface area contributed by atoms with Gasteiger partial charge in [0.05, 0.1) is 7.85 Å². The molecule has 0 aliphatic carbocycles. The van der Waals surface area contributed by atoms with Gasteiger partial charge in [-0.1, -0.05) is 6.92 Å². The molecule has 0 aromatic carbocycles. The van der Waals surface area contributed by atoms with E-state index in [4.69, 9.17) is 7.85 Å². The second-order valence-corrected chi connectivity index (χ2v) is 4.14. The van der Waals surface area contributed by atoms with Gasteiger partial charge in [-0.25, -0.2) is 4.98 Å². The second-order valence-electron chi connectivity index (χ2n) is 3.30. The zero-order valence-electron chi connectivity index (χ0n) is 8.02. The van der Waals surface area contributed by atoms with Crippen molar-refractivity contribution in [1.82, 2.24) is 9.38 Å². The van der Waals surface area contributed by atoms with Crippen LogP contribution in [0, 0.1) is 6.92 Å². The van der Waals surface area contributed by atoms with Crippen LogP contribution in [0.2, 0.25) is 0 Å². The molecule has 1 unspecified atom stereocenters. The standard InChI is InChI=1S/C9H9BN2OS/c1-5-4-14-9-11-7(6(2)10)3-8(13)12(5)9/h3-4,6H,1-2H3. The smallest absolute Gasteiger partial charge is 0.258 e. The summed E-state index contributed by atoms with van der Waals surface area (Å²) in [6.07, 6.45) is 0. The van der Waals surface area contributed by atoms with Crippen molar-refractivity contribution in [3.63, 3.8) is 0 Å². The van der Waals surface area contributed by atoms with Crippen LogP contribution in [0.4, 0.5) is 0 Å². The number of nitrogens with zero attached hydrogens (tertiary/aromatic N) is 2. The summed E-state index contributed by atoms with van der Waals surface area (Å²) in [5.41, 5.74) is 1.51.